The number of halogens is 2. The molecule has 1 heterocycles. The monoisotopic (exact) mass is 717 g/mol. The maximum Gasteiger partial charge on any atom is 0.271 e. The average Bonchev–Trinajstić information content (AvgIpc) is 3.52. The second-order valence-corrected chi connectivity index (χ2v) is 12.2. The Balaban J connectivity index is 1.16. The van der Waals surface area contributed by atoms with Gasteiger partial charge >= 0.3 is 0 Å². The van der Waals surface area contributed by atoms with Crippen LogP contribution in [0.4, 0.5) is 16.5 Å². The lowest BCUT2D eigenvalue weighted by Gasteiger charge is -2.14. The van der Waals surface area contributed by atoms with E-state index in [2.05, 4.69) is 42.1 Å². The zero-order valence-electron chi connectivity index (χ0n) is 25.1. The fraction of sp³-hybridized carbons (Fsp3) is 0.118. The number of amides is 2. The number of aryl methyl sites for hydroxylation is 1. The number of nitrogens with one attached hydrogen (secondary N) is 3. The van der Waals surface area contributed by atoms with E-state index in [1.54, 1.807) is 24.3 Å². The minimum atomic E-state index is -0.369. The van der Waals surface area contributed by atoms with Crippen LogP contribution in [-0.4, -0.2) is 36.7 Å². The first kappa shape index (κ1) is 32.7. The van der Waals surface area contributed by atoms with Gasteiger partial charge in [-0.05, 0) is 101 Å². The van der Waals surface area contributed by atoms with Crippen molar-refractivity contribution >= 4 is 73.4 Å². The summed E-state index contributed by atoms with van der Waals surface area (Å²) in [6, 6.07) is 23.7. The molecule has 0 aliphatic carbocycles. The first-order valence-corrected chi connectivity index (χ1v) is 16.0. The number of hydrogen-bond acceptors (Lipinski definition) is 8. The van der Waals surface area contributed by atoms with Crippen LogP contribution in [0.5, 0.6) is 11.5 Å². The molecule has 1 aromatic heterocycles. The molecule has 234 valence electrons. The molecule has 0 fully saturated rings. The number of carbonyl (C=O) groups excluding carboxylic acids is 2. The van der Waals surface area contributed by atoms with E-state index in [4.69, 9.17) is 21.1 Å². The normalized spacial score (nSPS) is 10.9. The lowest BCUT2D eigenvalue weighted by molar-refractivity contribution is -0.118. The molecule has 2 amide bonds. The Bertz CT molecular complexity index is 1900. The molecule has 3 N–H and O–H groups in total. The smallest absolute Gasteiger partial charge is 0.271 e. The maximum atomic E-state index is 12.7. The molecule has 5 aromatic rings. The highest BCUT2D eigenvalue weighted by molar-refractivity contribution is 9.10. The van der Waals surface area contributed by atoms with Gasteiger partial charge in [0.15, 0.2) is 23.2 Å². The molecule has 0 radical (unpaired) electrons. The number of thiazole rings is 1. The quantitative estimate of drug-likeness (QED) is 0.0935. The fourth-order valence-electron chi connectivity index (χ4n) is 4.31. The van der Waals surface area contributed by atoms with Gasteiger partial charge in [-0.1, -0.05) is 35.9 Å². The molecular weight excluding hydrogens is 690 g/mol. The maximum absolute atomic E-state index is 12.7. The number of aromatic nitrogens is 1. The summed E-state index contributed by atoms with van der Waals surface area (Å²) in [7, 11) is 1.50. The molecule has 9 nitrogen and oxygen atoms in total. The zero-order chi connectivity index (χ0) is 32.6. The Morgan fingerprint density at radius 3 is 2.54 bits per heavy atom. The standard InChI is InChI=1S/C34H29BrClN5O4S/c1-20-5-4-6-28(21(20)2)39-31(42)18-45-32-27(35)15-22(16-30(32)44-3)17-37-41-33(43)24-9-7-23(8-10-24)29-19-46-34(40-29)38-26-13-11-25(36)12-14-26/h4-17,19H,18H2,1-3H3,(H,38,40)(H,39,42)(H,41,43)/b37-17-. The minimum absolute atomic E-state index is 0.214. The zero-order valence-corrected chi connectivity index (χ0v) is 28.2. The van der Waals surface area contributed by atoms with Gasteiger partial charge in [0.25, 0.3) is 11.8 Å². The van der Waals surface area contributed by atoms with Crippen molar-refractivity contribution in [2.75, 3.05) is 24.4 Å². The van der Waals surface area contributed by atoms with Gasteiger partial charge in [-0.3, -0.25) is 9.59 Å². The summed E-state index contributed by atoms with van der Waals surface area (Å²) in [6.45, 7) is 3.72. The van der Waals surface area contributed by atoms with E-state index in [-0.39, 0.29) is 18.4 Å². The van der Waals surface area contributed by atoms with E-state index < -0.39 is 0 Å². The van der Waals surface area contributed by atoms with E-state index in [0.29, 0.717) is 32.1 Å². The highest BCUT2D eigenvalue weighted by Gasteiger charge is 2.15. The lowest BCUT2D eigenvalue weighted by Crippen LogP contribution is -2.21. The predicted molar refractivity (Wildman–Crippen MR) is 188 cm³/mol. The predicted octanol–water partition coefficient (Wildman–Crippen LogP) is 8.38. The van der Waals surface area contributed by atoms with Crippen LogP contribution in [0.25, 0.3) is 11.3 Å². The third kappa shape index (κ3) is 8.30. The molecule has 0 atom stereocenters. The summed E-state index contributed by atoms with van der Waals surface area (Å²) < 4.78 is 11.8. The molecule has 0 unspecified atom stereocenters. The molecule has 4 aromatic carbocycles. The van der Waals surface area contributed by atoms with Gasteiger partial charge < -0.3 is 20.1 Å². The van der Waals surface area contributed by atoms with Gasteiger partial charge in [-0.25, -0.2) is 10.4 Å². The molecule has 0 spiro atoms. The van der Waals surface area contributed by atoms with Crippen LogP contribution in [-0.2, 0) is 4.79 Å². The van der Waals surface area contributed by atoms with Crippen molar-refractivity contribution in [2.24, 2.45) is 5.10 Å². The van der Waals surface area contributed by atoms with Crippen molar-refractivity contribution < 1.29 is 19.1 Å². The van der Waals surface area contributed by atoms with Crippen molar-refractivity contribution in [1.29, 1.82) is 0 Å². The molecule has 46 heavy (non-hydrogen) atoms. The summed E-state index contributed by atoms with van der Waals surface area (Å²) in [5.74, 6) is 0.0947. The van der Waals surface area contributed by atoms with E-state index in [9.17, 15) is 9.59 Å². The average molecular weight is 719 g/mol. The molecule has 12 heteroatoms. The van der Waals surface area contributed by atoms with Gasteiger partial charge in [0.05, 0.1) is 23.5 Å². The first-order chi connectivity index (χ1) is 22.2. The minimum Gasteiger partial charge on any atom is -0.493 e. The van der Waals surface area contributed by atoms with E-state index in [0.717, 1.165) is 38.9 Å². The SMILES string of the molecule is COc1cc(/C=N\NC(=O)c2ccc(-c3csc(Nc4ccc(Cl)cc4)n3)cc2)cc(Br)c1OCC(=O)Nc1cccc(C)c1C. The number of hydrogen-bond donors (Lipinski definition) is 3. The highest BCUT2D eigenvalue weighted by Crippen LogP contribution is 2.36. The number of hydrazone groups is 1. The van der Waals surface area contributed by atoms with Crippen molar-refractivity contribution in [2.45, 2.75) is 13.8 Å². The molecular formula is C34H29BrClN5O4S. The van der Waals surface area contributed by atoms with Gasteiger partial charge in [0.2, 0.25) is 0 Å². The van der Waals surface area contributed by atoms with E-state index in [1.807, 2.05) is 73.8 Å². The van der Waals surface area contributed by atoms with Crippen LogP contribution in [0.15, 0.2) is 93.8 Å². The van der Waals surface area contributed by atoms with Crippen LogP contribution in [0.1, 0.15) is 27.0 Å². The van der Waals surface area contributed by atoms with Crippen LogP contribution in [0.3, 0.4) is 0 Å². The number of rotatable bonds is 11. The number of anilines is 3. The third-order valence-corrected chi connectivity index (χ3v) is 8.50. The molecule has 0 bridgehead atoms. The number of ether oxygens (including phenoxy) is 2. The summed E-state index contributed by atoms with van der Waals surface area (Å²) in [5, 5.41) is 13.6. The molecule has 0 aliphatic rings. The van der Waals surface area contributed by atoms with Gasteiger partial charge in [0, 0.05) is 32.9 Å². The summed E-state index contributed by atoms with van der Waals surface area (Å²) >= 11 is 10.9. The summed E-state index contributed by atoms with van der Waals surface area (Å²) in [6.07, 6.45) is 1.49. The lowest BCUT2D eigenvalue weighted by atomic mass is 10.1. The first-order valence-electron chi connectivity index (χ1n) is 14.0. The van der Waals surface area contributed by atoms with E-state index in [1.165, 1.54) is 24.7 Å². The third-order valence-electron chi connectivity index (χ3n) is 6.90. The van der Waals surface area contributed by atoms with Crippen molar-refractivity contribution in [3.8, 4) is 22.8 Å². The largest absolute Gasteiger partial charge is 0.493 e. The van der Waals surface area contributed by atoms with Gasteiger partial charge in [-0.15, -0.1) is 11.3 Å². The van der Waals surface area contributed by atoms with E-state index >= 15 is 0 Å². The van der Waals surface area contributed by atoms with Gasteiger partial charge in [0.1, 0.15) is 0 Å². The number of methoxy groups -OCH3 is 1. The second-order valence-electron chi connectivity index (χ2n) is 10.1. The topological polar surface area (TPSA) is 114 Å². The second kappa shape index (κ2) is 15.0. The van der Waals surface area contributed by atoms with Crippen LogP contribution in [0, 0.1) is 13.8 Å². The van der Waals surface area contributed by atoms with Crippen LogP contribution >= 0.6 is 38.9 Å². The molecule has 0 aliphatic heterocycles. The fourth-order valence-corrected chi connectivity index (χ4v) is 5.75. The number of benzene rings is 4. The number of nitrogens with zero attached hydrogens (tertiary/aromatic N) is 2. The Morgan fingerprint density at radius 1 is 1.04 bits per heavy atom. The van der Waals surface area contributed by atoms with Crippen molar-refractivity contribution in [3.05, 3.63) is 116 Å². The Labute approximate surface area is 283 Å². The Hall–Kier alpha value is -4.71. The summed E-state index contributed by atoms with van der Waals surface area (Å²) in [5.41, 5.74) is 9.00. The highest BCUT2D eigenvalue weighted by atomic mass is 79.9. The summed E-state index contributed by atoms with van der Waals surface area (Å²) in [4.78, 5) is 29.9. The Kier molecular flexibility index (Phi) is 10.7. The molecule has 0 saturated heterocycles. The van der Waals surface area contributed by atoms with Crippen molar-refractivity contribution in [1.82, 2.24) is 10.4 Å². The van der Waals surface area contributed by atoms with Gasteiger partial charge in [-0.2, -0.15) is 5.10 Å². The Morgan fingerprint density at radius 2 is 1.80 bits per heavy atom. The molecule has 5 rings (SSSR count). The van der Waals surface area contributed by atoms with Crippen LogP contribution < -0.4 is 25.5 Å². The van der Waals surface area contributed by atoms with Crippen molar-refractivity contribution in [3.63, 3.8) is 0 Å². The molecule has 0 saturated carbocycles. The number of carbonyl (C=O) groups is 2. The van der Waals surface area contributed by atoms with Crippen LogP contribution in [0.2, 0.25) is 5.02 Å².